The van der Waals surface area contributed by atoms with Crippen LogP contribution >= 0.6 is 0 Å². The first kappa shape index (κ1) is 14.3. The maximum Gasteiger partial charge on any atom is 0.306 e. The van der Waals surface area contributed by atoms with E-state index in [0.717, 1.165) is 17.7 Å². The smallest absolute Gasteiger partial charge is 0.306 e. The van der Waals surface area contributed by atoms with Gasteiger partial charge in [0, 0.05) is 18.9 Å². The molecule has 0 aliphatic heterocycles. The fourth-order valence-electron chi connectivity index (χ4n) is 2.29. The summed E-state index contributed by atoms with van der Waals surface area (Å²) in [4.78, 5) is 11.4. The topological polar surface area (TPSA) is 55.1 Å². The maximum atomic E-state index is 11.4. The fraction of sp³-hybridized carbons (Fsp3) is 0.375. The summed E-state index contributed by atoms with van der Waals surface area (Å²) < 4.78 is 1.80. The number of rotatable bonds is 6. The van der Waals surface area contributed by atoms with Gasteiger partial charge in [-0.1, -0.05) is 29.8 Å². The first-order valence-electron chi connectivity index (χ1n) is 6.81. The molecule has 1 aromatic carbocycles. The van der Waals surface area contributed by atoms with E-state index < -0.39 is 5.97 Å². The predicted molar refractivity (Wildman–Crippen MR) is 77.5 cm³/mol. The molecule has 0 aliphatic rings. The molecule has 106 valence electrons. The molecule has 4 nitrogen and oxygen atoms in total. The third kappa shape index (κ3) is 3.70. The number of hydrogen-bond donors (Lipinski definition) is 1. The van der Waals surface area contributed by atoms with Crippen molar-refractivity contribution in [3.8, 4) is 0 Å². The monoisotopic (exact) mass is 272 g/mol. The van der Waals surface area contributed by atoms with Gasteiger partial charge >= 0.3 is 5.97 Å². The van der Waals surface area contributed by atoms with Gasteiger partial charge in [0.15, 0.2) is 0 Å². The Morgan fingerprint density at radius 3 is 2.55 bits per heavy atom. The number of nitrogens with zero attached hydrogens (tertiary/aromatic N) is 2. The van der Waals surface area contributed by atoms with Crippen LogP contribution in [0.4, 0.5) is 0 Å². The van der Waals surface area contributed by atoms with Crippen LogP contribution in [-0.4, -0.2) is 20.9 Å². The van der Waals surface area contributed by atoms with Gasteiger partial charge in [0.2, 0.25) is 0 Å². The summed E-state index contributed by atoms with van der Waals surface area (Å²) in [6.45, 7) is 2.03. The number of aryl methyl sites for hydroxylation is 3. The molecule has 0 saturated heterocycles. The van der Waals surface area contributed by atoms with Gasteiger partial charge < -0.3 is 5.11 Å². The summed E-state index contributed by atoms with van der Waals surface area (Å²) in [5.41, 5.74) is 3.34. The van der Waals surface area contributed by atoms with Gasteiger partial charge in [-0.15, -0.1) is 0 Å². The maximum absolute atomic E-state index is 11.4. The normalized spacial score (nSPS) is 12.3. The lowest BCUT2D eigenvalue weighted by Gasteiger charge is -2.12. The second-order valence-corrected chi connectivity index (χ2v) is 5.21. The molecule has 0 bridgehead atoms. The quantitative estimate of drug-likeness (QED) is 0.879. The van der Waals surface area contributed by atoms with E-state index >= 15 is 0 Å². The van der Waals surface area contributed by atoms with Gasteiger partial charge in [-0.3, -0.25) is 9.48 Å². The van der Waals surface area contributed by atoms with Crippen LogP contribution in [0.1, 0.15) is 23.2 Å². The molecular formula is C16H20N2O2. The molecule has 0 fully saturated rings. The van der Waals surface area contributed by atoms with Gasteiger partial charge in [-0.2, -0.15) is 5.10 Å². The minimum Gasteiger partial charge on any atom is -0.481 e. The zero-order valence-corrected chi connectivity index (χ0v) is 11.9. The van der Waals surface area contributed by atoms with Crippen molar-refractivity contribution < 1.29 is 9.90 Å². The average molecular weight is 272 g/mol. The average Bonchev–Trinajstić information content (AvgIpc) is 2.82. The molecule has 2 aromatic rings. The second kappa shape index (κ2) is 6.37. The lowest BCUT2D eigenvalue weighted by Crippen LogP contribution is -2.18. The molecule has 20 heavy (non-hydrogen) atoms. The van der Waals surface area contributed by atoms with Crippen LogP contribution in [0.15, 0.2) is 36.5 Å². The van der Waals surface area contributed by atoms with E-state index in [1.54, 1.807) is 10.9 Å². The molecule has 1 unspecified atom stereocenters. The van der Waals surface area contributed by atoms with Gasteiger partial charge in [-0.05, 0) is 37.8 Å². The molecule has 0 spiro atoms. The highest BCUT2D eigenvalue weighted by Crippen LogP contribution is 2.16. The van der Waals surface area contributed by atoms with Crippen molar-refractivity contribution in [1.82, 2.24) is 9.78 Å². The largest absolute Gasteiger partial charge is 0.481 e. The van der Waals surface area contributed by atoms with Crippen molar-refractivity contribution in [2.75, 3.05) is 0 Å². The Morgan fingerprint density at radius 2 is 2.00 bits per heavy atom. The lowest BCUT2D eigenvalue weighted by atomic mass is 9.94. The van der Waals surface area contributed by atoms with Crippen molar-refractivity contribution in [1.29, 1.82) is 0 Å². The zero-order chi connectivity index (χ0) is 14.5. The molecule has 1 N–H and O–H groups in total. The van der Waals surface area contributed by atoms with Gasteiger partial charge in [0.1, 0.15) is 0 Å². The number of aromatic nitrogens is 2. The molecule has 2 rings (SSSR count). The highest BCUT2D eigenvalue weighted by molar-refractivity contribution is 5.70. The highest BCUT2D eigenvalue weighted by Gasteiger charge is 2.18. The standard InChI is InChI=1S/C16H20N2O2/c1-12-3-5-13(6-4-12)11-14(16(19)20)7-8-15-9-10-17-18(15)2/h3-6,9-10,14H,7-8,11H2,1-2H3,(H,19,20). The van der Waals surface area contributed by atoms with Crippen molar-refractivity contribution in [2.24, 2.45) is 13.0 Å². The van der Waals surface area contributed by atoms with E-state index in [4.69, 9.17) is 0 Å². The van der Waals surface area contributed by atoms with E-state index in [2.05, 4.69) is 5.10 Å². The molecule has 1 aromatic heterocycles. The van der Waals surface area contributed by atoms with Crippen molar-refractivity contribution in [2.45, 2.75) is 26.2 Å². The van der Waals surface area contributed by atoms with Crippen LogP contribution in [-0.2, 0) is 24.7 Å². The summed E-state index contributed by atoms with van der Waals surface area (Å²) in [6.07, 6.45) is 3.68. The Balaban J connectivity index is 1.99. The summed E-state index contributed by atoms with van der Waals surface area (Å²) in [6, 6.07) is 10.0. The van der Waals surface area contributed by atoms with Crippen LogP contribution in [0.25, 0.3) is 0 Å². The number of carbonyl (C=O) groups is 1. The Labute approximate surface area is 119 Å². The van der Waals surface area contributed by atoms with Gasteiger partial charge in [0.25, 0.3) is 0 Å². The van der Waals surface area contributed by atoms with Crippen LogP contribution in [0.3, 0.4) is 0 Å². The highest BCUT2D eigenvalue weighted by atomic mass is 16.4. The van der Waals surface area contributed by atoms with E-state index in [-0.39, 0.29) is 5.92 Å². The van der Waals surface area contributed by atoms with Gasteiger partial charge in [0.05, 0.1) is 5.92 Å². The molecular weight excluding hydrogens is 252 g/mol. The van der Waals surface area contributed by atoms with Crippen LogP contribution in [0, 0.1) is 12.8 Å². The van der Waals surface area contributed by atoms with Crippen LogP contribution in [0.5, 0.6) is 0 Å². The number of carboxylic acids is 1. The Morgan fingerprint density at radius 1 is 1.30 bits per heavy atom. The third-order valence-electron chi connectivity index (χ3n) is 3.62. The van der Waals surface area contributed by atoms with Crippen molar-refractivity contribution in [3.05, 3.63) is 53.3 Å². The summed E-state index contributed by atoms with van der Waals surface area (Å²) in [5.74, 6) is -1.08. The van der Waals surface area contributed by atoms with Crippen LogP contribution < -0.4 is 0 Å². The molecule has 0 radical (unpaired) electrons. The van der Waals surface area contributed by atoms with E-state index in [1.165, 1.54) is 5.56 Å². The number of hydrogen-bond acceptors (Lipinski definition) is 2. The summed E-state index contributed by atoms with van der Waals surface area (Å²) >= 11 is 0. The molecule has 1 heterocycles. The first-order chi connectivity index (χ1) is 9.56. The SMILES string of the molecule is Cc1ccc(CC(CCc2ccnn2C)C(=O)O)cc1. The number of benzene rings is 1. The number of aliphatic carboxylic acids is 1. The fourth-order valence-corrected chi connectivity index (χ4v) is 2.29. The van der Waals surface area contributed by atoms with Crippen molar-refractivity contribution in [3.63, 3.8) is 0 Å². The minimum atomic E-state index is -0.729. The third-order valence-corrected chi connectivity index (χ3v) is 3.62. The second-order valence-electron chi connectivity index (χ2n) is 5.21. The lowest BCUT2D eigenvalue weighted by molar-refractivity contribution is -0.141. The Bertz CT molecular complexity index is 572. The van der Waals surface area contributed by atoms with Crippen molar-refractivity contribution >= 4 is 5.97 Å². The first-order valence-corrected chi connectivity index (χ1v) is 6.81. The predicted octanol–water partition coefficient (Wildman–Crippen LogP) is 2.60. The molecule has 4 heteroatoms. The van der Waals surface area contributed by atoms with E-state index in [0.29, 0.717) is 12.8 Å². The van der Waals surface area contributed by atoms with E-state index in [9.17, 15) is 9.90 Å². The summed E-state index contributed by atoms with van der Waals surface area (Å²) in [5, 5.41) is 13.5. The number of carboxylic acid groups (broad SMARTS) is 1. The molecule has 0 saturated carbocycles. The Hall–Kier alpha value is -2.10. The zero-order valence-electron chi connectivity index (χ0n) is 11.9. The molecule has 1 atom stereocenters. The van der Waals surface area contributed by atoms with E-state index in [1.807, 2.05) is 44.3 Å². The minimum absolute atomic E-state index is 0.354. The Kier molecular flexibility index (Phi) is 4.56. The van der Waals surface area contributed by atoms with Gasteiger partial charge in [-0.25, -0.2) is 0 Å². The van der Waals surface area contributed by atoms with Crippen LogP contribution in [0.2, 0.25) is 0 Å². The molecule has 0 amide bonds. The summed E-state index contributed by atoms with van der Waals surface area (Å²) in [7, 11) is 1.88. The molecule has 0 aliphatic carbocycles.